The minimum Gasteiger partial charge on any atom is -0.328 e. The molecule has 0 saturated carbocycles. The van der Waals surface area contributed by atoms with Crippen LogP contribution in [0.1, 0.15) is 12.5 Å². The van der Waals surface area contributed by atoms with Crippen molar-refractivity contribution in [1.82, 2.24) is 4.98 Å². The Morgan fingerprint density at radius 3 is 3.00 bits per heavy atom. The van der Waals surface area contributed by atoms with E-state index in [1.807, 2.05) is 25.3 Å². The van der Waals surface area contributed by atoms with Gasteiger partial charge in [0.05, 0.1) is 5.52 Å². The molecule has 2 nitrogen and oxygen atoms in total. The van der Waals surface area contributed by atoms with Crippen molar-refractivity contribution < 1.29 is 0 Å². The van der Waals surface area contributed by atoms with Crippen LogP contribution in [-0.2, 0) is 6.42 Å². The van der Waals surface area contributed by atoms with Gasteiger partial charge < -0.3 is 5.73 Å². The summed E-state index contributed by atoms with van der Waals surface area (Å²) in [6.07, 6.45) is 2.73. The fraction of sp³-hybridized carbons (Fsp3) is 0.250. The van der Waals surface area contributed by atoms with E-state index < -0.39 is 0 Å². The molecule has 14 heavy (non-hydrogen) atoms. The van der Waals surface area contributed by atoms with Crippen LogP contribution in [0.5, 0.6) is 0 Å². The lowest BCUT2D eigenvalue weighted by Crippen LogP contribution is -2.17. The molecule has 0 spiro atoms. The fourth-order valence-corrected chi connectivity index (χ4v) is 1.62. The first-order chi connectivity index (χ1) is 6.75. The average molecular weight is 186 g/mol. The highest BCUT2D eigenvalue weighted by Crippen LogP contribution is 2.14. The number of aromatic nitrogens is 1. The number of rotatable bonds is 2. The molecule has 0 saturated heterocycles. The van der Waals surface area contributed by atoms with Crippen molar-refractivity contribution in [3.8, 4) is 0 Å². The van der Waals surface area contributed by atoms with E-state index in [1.54, 1.807) is 0 Å². The zero-order valence-electron chi connectivity index (χ0n) is 8.27. The Kier molecular flexibility index (Phi) is 2.46. The van der Waals surface area contributed by atoms with Gasteiger partial charge in [-0.2, -0.15) is 0 Å². The van der Waals surface area contributed by atoms with E-state index in [-0.39, 0.29) is 6.04 Å². The summed E-state index contributed by atoms with van der Waals surface area (Å²) in [5.74, 6) is 0. The number of benzene rings is 1. The first kappa shape index (κ1) is 9.16. The minimum atomic E-state index is 0.212. The van der Waals surface area contributed by atoms with Gasteiger partial charge in [0.15, 0.2) is 0 Å². The van der Waals surface area contributed by atoms with Gasteiger partial charge in [0.25, 0.3) is 0 Å². The van der Waals surface area contributed by atoms with Gasteiger partial charge in [0.1, 0.15) is 0 Å². The molecule has 2 N–H and O–H groups in total. The van der Waals surface area contributed by atoms with Gasteiger partial charge in [-0.15, -0.1) is 0 Å². The normalized spacial score (nSPS) is 13.0. The van der Waals surface area contributed by atoms with Crippen molar-refractivity contribution in [1.29, 1.82) is 0 Å². The molecule has 1 heterocycles. The Hall–Kier alpha value is -1.41. The molecule has 0 aliphatic carbocycles. The molecular weight excluding hydrogens is 172 g/mol. The highest BCUT2D eigenvalue weighted by Gasteiger charge is 1.99. The molecule has 1 aromatic heterocycles. The van der Waals surface area contributed by atoms with Crippen LogP contribution in [0.3, 0.4) is 0 Å². The summed E-state index contributed by atoms with van der Waals surface area (Å²) in [5.41, 5.74) is 8.07. The van der Waals surface area contributed by atoms with E-state index in [9.17, 15) is 0 Å². The van der Waals surface area contributed by atoms with E-state index in [0.717, 1.165) is 11.9 Å². The molecule has 0 aliphatic rings. The smallest absolute Gasteiger partial charge is 0.0702 e. The fourth-order valence-electron chi connectivity index (χ4n) is 1.62. The second-order valence-electron chi connectivity index (χ2n) is 3.71. The second-order valence-corrected chi connectivity index (χ2v) is 3.71. The monoisotopic (exact) mass is 186 g/mol. The zero-order chi connectivity index (χ0) is 9.97. The van der Waals surface area contributed by atoms with Crippen molar-refractivity contribution in [3.63, 3.8) is 0 Å². The van der Waals surface area contributed by atoms with Crippen LogP contribution in [0.4, 0.5) is 0 Å². The van der Waals surface area contributed by atoms with Crippen LogP contribution in [-0.4, -0.2) is 11.0 Å². The number of fused-ring (bicyclic) bond motifs is 1. The largest absolute Gasteiger partial charge is 0.328 e. The molecule has 2 rings (SSSR count). The molecule has 2 aromatic rings. The van der Waals surface area contributed by atoms with Crippen molar-refractivity contribution >= 4 is 10.9 Å². The van der Waals surface area contributed by atoms with E-state index in [1.165, 1.54) is 10.9 Å². The maximum Gasteiger partial charge on any atom is 0.0702 e. The lowest BCUT2D eigenvalue weighted by Gasteiger charge is -2.05. The van der Waals surface area contributed by atoms with Crippen molar-refractivity contribution in [3.05, 3.63) is 42.1 Å². The van der Waals surface area contributed by atoms with Gasteiger partial charge in [0.2, 0.25) is 0 Å². The van der Waals surface area contributed by atoms with Crippen molar-refractivity contribution in [2.75, 3.05) is 0 Å². The van der Waals surface area contributed by atoms with Crippen LogP contribution >= 0.6 is 0 Å². The standard InChI is InChI=1S/C12H14N2/c1-9(13)7-10-4-5-12-11(8-10)3-2-6-14-12/h2-6,8-9H,7,13H2,1H3/t9-/m0/s1. The summed E-state index contributed by atoms with van der Waals surface area (Å²) in [6, 6.07) is 10.5. The maximum absolute atomic E-state index is 5.75. The first-order valence-corrected chi connectivity index (χ1v) is 4.85. The van der Waals surface area contributed by atoms with Crippen LogP contribution in [0, 0.1) is 0 Å². The zero-order valence-corrected chi connectivity index (χ0v) is 8.27. The maximum atomic E-state index is 5.75. The summed E-state index contributed by atoms with van der Waals surface area (Å²) in [7, 11) is 0. The third kappa shape index (κ3) is 1.91. The topological polar surface area (TPSA) is 38.9 Å². The van der Waals surface area contributed by atoms with Gasteiger partial charge in [-0.05, 0) is 37.1 Å². The number of pyridine rings is 1. The summed E-state index contributed by atoms with van der Waals surface area (Å²) >= 11 is 0. The van der Waals surface area contributed by atoms with Gasteiger partial charge in [-0.3, -0.25) is 4.98 Å². The van der Waals surface area contributed by atoms with Crippen LogP contribution in [0.15, 0.2) is 36.5 Å². The molecule has 0 unspecified atom stereocenters. The highest BCUT2D eigenvalue weighted by atomic mass is 14.6. The molecule has 0 aliphatic heterocycles. The quantitative estimate of drug-likeness (QED) is 0.780. The molecule has 0 bridgehead atoms. The number of nitrogens with zero attached hydrogens (tertiary/aromatic N) is 1. The lowest BCUT2D eigenvalue weighted by atomic mass is 10.1. The number of hydrogen-bond donors (Lipinski definition) is 1. The Morgan fingerprint density at radius 1 is 1.36 bits per heavy atom. The number of nitrogens with two attached hydrogens (primary N) is 1. The van der Waals surface area contributed by atoms with Gasteiger partial charge in [0, 0.05) is 17.6 Å². The Balaban J connectivity index is 2.41. The number of hydrogen-bond acceptors (Lipinski definition) is 2. The first-order valence-electron chi connectivity index (χ1n) is 4.85. The van der Waals surface area contributed by atoms with Gasteiger partial charge >= 0.3 is 0 Å². The molecule has 72 valence electrons. The Labute approximate surface area is 83.8 Å². The van der Waals surface area contributed by atoms with Gasteiger partial charge in [-0.1, -0.05) is 12.1 Å². The molecule has 0 amide bonds. The summed E-state index contributed by atoms with van der Waals surface area (Å²) in [5, 5.41) is 1.19. The van der Waals surface area contributed by atoms with E-state index in [4.69, 9.17) is 5.73 Å². The molecule has 2 heteroatoms. The average Bonchev–Trinajstić information content (AvgIpc) is 2.17. The summed E-state index contributed by atoms with van der Waals surface area (Å²) < 4.78 is 0. The Morgan fingerprint density at radius 2 is 2.21 bits per heavy atom. The molecular formula is C12H14N2. The van der Waals surface area contributed by atoms with Gasteiger partial charge in [-0.25, -0.2) is 0 Å². The van der Waals surface area contributed by atoms with Crippen molar-refractivity contribution in [2.45, 2.75) is 19.4 Å². The summed E-state index contributed by atoms with van der Waals surface area (Å²) in [6.45, 7) is 2.02. The second kappa shape index (κ2) is 3.76. The molecule has 0 radical (unpaired) electrons. The third-order valence-electron chi connectivity index (χ3n) is 2.23. The predicted octanol–water partition coefficient (Wildman–Crippen LogP) is 2.12. The minimum absolute atomic E-state index is 0.212. The van der Waals surface area contributed by atoms with E-state index in [2.05, 4.69) is 23.2 Å². The third-order valence-corrected chi connectivity index (χ3v) is 2.23. The molecule has 1 atom stereocenters. The highest BCUT2D eigenvalue weighted by molar-refractivity contribution is 5.78. The van der Waals surface area contributed by atoms with E-state index >= 15 is 0 Å². The molecule has 1 aromatic carbocycles. The van der Waals surface area contributed by atoms with Crippen LogP contribution in [0.2, 0.25) is 0 Å². The Bertz CT molecular complexity index is 435. The van der Waals surface area contributed by atoms with E-state index in [0.29, 0.717) is 0 Å². The van der Waals surface area contributed by atoms with Crippen LogP contribution < -0.4 is 5.73 Å². The molecule has 0 fully saturated rings. The van der Waals surface area contributed by atoms with Crippen molar-refractivity contribution in [2.24, 2.45) is 5.73 Å². The lowest BCUT2D eigenvalue weighted by molar-refractivity contribution is 0.739. The van der Waals surface area contributed by atoms with Crippen LogP contribution in [0.25, 0.3) is 10.9 Å². The predicted molar refractivity (Wildman–Crippen MR) is 59.1 cm³/mol. The SMILES string of the molecule is C[C@H](N)Cc1ccc2ncccc2c1. The summed E-state index contributed by atoms with van der Waals surface area (Å²) in [4.78, 5) is 4.27.